The van der Waals surface area contributed by atoms with Crippen molar-refractivity contribution in [1.82, 2.24) is 9.80 Å². The van der Waals surface area contributed by atoms with E-state index in [1.165, 1.54) is 7.05 Å². The highest BCUT2D eigenvalue weighted by atomic mass is 16.5. The highest BCUT2D eigenvalue weighted by molar-refractivity contribution is 5.99. The third-order valence-corrected chi connectivity index (χ3v) is 4.73. The number of hydrogen-bond donors (Lipinski definition) is 1. The van der Waals surface area contributed by atoms with Crippen molar-refractivity contribution in [3.8, 4) is 5.75 Å². The lowest BCUT2D eigenvalue weighted by Gasteiger charge is -2.24. The Morgan fingerprint density at radius 2 is 1.71 bits per heavy atom. The van der Waals surface area contributed by atoms with Crippen molar-refractivity contribution in [3.05, 3.63) is 29.8 Å². The summed E-state index contributed by atoms with van der Waals surface area (Å²) in [7, 11) is 3.57. The van der Waals surface area contributed by atoms with Crippen molar-refractivity contribution in [2.45, 2.75) is 39.5 Å². The Morgan fingerprint density at radius 3 is 2.25 bits per heavy atom. The van der Waals surface area contributed by atoms with Gasteiger partial charge in [0, 0.05) is 44.6 Å². The first-order valence-corrected chi connectivity index (χ1v) is 10.3. The van der Waals surface area contributed by atoms with Gasteiger partial charge >= 0.3 is 0 Å². The second kappa shape index (κ2) is 13.3. The summed E-state index contributed by atoms with van der Waals surface area (Å²) in [6.07, 6.45) is 3.98. The molecule has 0 radical (unpaired) electrons. The van der Waals surface area contributed by atoms with Crippen LogP contribution in [-0.4, -0.2) is 68.4 Å². The molecule has 1 fully saturated rings. The molecule has 2 rings (SSSR count). The molecule has 0 unspecified atom stereocenters. The van der Waals surface area contributed by atoms with Crippen molar-refractivity contribution in [1.29, 1.82) is 0 Å². The highest BCUT2D eigenvalue weighted by Crippen LogP contribution is 2.32. The first kappa shape index (κ1) is 24.1. The van der Waals surface area contributed by atoms with E-state index < -0.39 is 0 Å². The zero-order valence-corrected chi connectivity index (χ0v) is 17.9. The van der Waals surface area contributed by atoms with E-state index in [-0.39, 0.29) is 17.6 Å². The predicted molar refractivity (Wildman–Crippen MR) is 114 cm³/mol. The van der Waals surface area contributed by atoms with Gasteiger partial charge in [-0.3, -0.25) is 9.59 Å². The van der Waals surface area contributed by atoms with Gasteiger partial charge in [-0.25, -0.2) is 0 Å². The van der Waals surface area contributed by atoms with Crippen LogP contribution in [0.15, 0.2) is 24.3 Å². The smallest absolute Gasteiger partial charge is 0.219 e. The number of ether oxygens (including phenoxy) is 1. The minimum Gasteiger partial charge on any atom is -0.494 e. The van der Waals surface area contributed by atoms with E-state index in [1.807, 2.05) is 29.2 Å². The lowest BCUT2D eigenvalue weighted by molar-refractivity contribution is -0.129. The van der Waals surface area contributed by atoms with Gasteiger partial charge in [0.2, 0.25) is 5.91 Å². The summed E-state index contributed by atoms with van der Waals surface area (Å²) in [5, 5.41) is 0. The normalized spacial score (nSPS) is 12.9. The first-order chi connectivity index (χ1) is 13.5. The second-order valence-electron chi connectivity index (χ2n) is 7.17. The molecule has 0 atom stereocenters. The highest BCUT2D eigenvalue weighted by Gasteiger charge is 2.30. The van der Waals surface area contributed by atoms with Gasteiger partial charge in [-0.2, -0.15) is 0 Å². The molecule has 1 aromatic carbocycles. The van der Waals surface area contributed by atoms with Crippen LogP contribution >= 0.6 is 0 Å². The molecular formula is C22H37N3O3. The number of amides is 1. The standard InChI is InChI=1S/C21H32N2O3.CH5N/c1-4-12-23(17(2)24)15-14-22(3)13-5-16-26-20-10-8-19(9-11-20)21(25)18-6-7-18;1-2/h8-11,18H,4-7,12-16H2,1-3H3;2H2,1H3. The van der Waals surface area contributed by atoms with Crippen LogP contribution in [0.4, 0.5) is 0 Å². The fraction of sp³-hybridized carbons (Fsp3) is 0.636. The maximum absolute atomic E-state index is 12.0. The van der Waals surface area contributed by atoms with Crippen LogP contribution in [0.5, 0.6) is 5.75 Å². The summed E-state index contributed by atoms with van der Waals surface area (Å²) in [6, 6.07) is 7.50. The first-order valence-electron chi connectivity index (χ1n) is 10.3. The monoisotopic (exact) mass is 391 g/mol. The quantitative estimate of drug-likeness (QED) is 0.438. The van der Waals surface area contributed by atoms with Crippen LogP contribution in [0, 0.1) is 5.92 Å². The maximum atomic E-state index is 12.0. The molecule has 0 aliphatic heterocycles. The number of carbonyl (C=O) groups excluding carboxylic acids is 2. The van der Waals surface area contributed by atoms with Crippen LogP contribution in [0.25, 0.3) is 0 Å². The van der Waals surface area contributed by atoms with Gasteiger partial charge in [-0.1, -0.05) is 6.92 Å². The van der Waals surface area contributed by atoms with Crippen molar-refractivity contribution < 1.29 is 14.3 Å². The number of carbonyl (C=O) groups is 2. The van der Waals surface area contributed by atoms with Crippen molar-refractivity contribution in [3.63, 3.8) is 0 Å². The summed E-state index contributed by atoms with van der Waals surface area (Å²) in [5.41, 5.74) is 5.29. The predicted octanol–water partition coefficient (Wildman–Crippen LogP) is 2.81. The zero-order chi connectivity index (χ0) is 20.9. The van der Waals surface area contributed by atoms with Crippen molar-refractivity contribution in [2.75, 3.05) is 46.9 Å². The van der Waals surface area contributed by atoms with Crippen molar-refractivity contribution >= 4 is 11.7 Å². The van der Waals surface area contributed by atoms with Gasteiger partial charge in [0.25, 0.3) is 0 Å². The van der Waals surface area contributed by atoms with Gasteiger partial charge in [0.05, 0.1) is 6.61 Å². The number of nitrogens with two attached hydrogens (primary N) is 1. The molecule has 6 nitrogen and oxygen atoms in total. The molecule has 1 amide bonds. The molecular weight excluding hydrogens is 354 g/mol. The molecule has 0 spiro atoms. The Labute approximate surface area is 170 Å². The largest absolute Gasteiger partial charge is 0.494 e. The van der Waals surface area contributed by atoms with Gasteiger partial charge in [0.1, 0.15) is 5.75 Å². The number of benzene rings is 1. The molecule has 0 aromatic heterocycles. The number of nitrogens with zero attached hydrogens (tertiary/aromatic N) is 2. The van der Waals surface area contributed by atoms with E-state index >= 15 is 0 Å². The van der Waals surface area contributed by atoms with Crippen LogP contribution in [0.1, 0.15) is 49.9 Å². The minimum absolute atomic E-state index is 0.146. The lowest BCUT2D eigenvalue weighted by atomic mass is 10.1. The van der Waals surface area contributed by atoms with Crippen LogP contribution in [0.3, 0.4) is 0 Å². The summed E-state index contributed by atoms with van der Waals surface area (Å²) in [4.78, 5) is 27.6. The topological polar surface area (TPSA) is 75.9 Å². The molecule has 0 bridgehead atoms. The fourth-order valence-corrected chi connectivity index (χ4v) is 2.92. The zero-order valence-electron chi connectivity index (χ0n) is 17.9. The Morgan fingerprint density at radius 1 is 1.07 bits per heavy atom. The Hall–Kier alpha value is -1.92. The van der Waals surface area contributed by atoms with Gasteiger partial charge in [0.15, 0.2) is 5.78 Å². The summed E-state index contributed by atoms with van der Waals surface area (Å²) < 4.78 is 5.77. The summed E-state index contributed by atoms with van der Waals surface area (Å²) in [5.74, 6) is 1.48. The Bertz CT molecular complexity index is 585. The molecule has 1 aliphatic carbocycles. The van der Waals surface area contributed by atoms with E-state index in [2.05, 4.69) is 24.6 Å². The molecule has 2 N–H and O–H groups in total. The van der Waals surface area contributed by atoms with E-state index in [0.717, 1.165) is 63.2 Å². The average molecular weight is 392 g/mol. The van der Waals surface area contributed by atoms with Gasteiger partial charge < -0.3 is 20.3 Å². The van der Waals surface area contributed by atoms with Crippen LogP contribution in [-0.2, 0) is 4.79 Å². The molecule has 1 saturated carbocycles. The number of ketones is 1. The van der Waals surface area contributed by atoms with E-state index in [4.69, 9.17) is 4.74 Å². The summed E-state index contributed by atoms with van der Waals surface area (Å²) >= 11 is 0. The minimum atomic E-state index is 0.146. The third kappa shape index (κ3) is 8.85. The van der Waals surface area contributed by atoms with Gasteiger partial charge in [-0.05, 0) is 64.0 Å². The molecule has 0 heterocycles. The number of likely N-dealkylation sites (N-methyl/N-ethyl adjacent to an activating group) is 1. The molecule has 28 heavy (non-hydrogen) atoms. The van der Waals surface area contributed by atoms with E-state index in [0.29, 0.717) is 6.61 Å². The molecule has 6 heteroatoms. The van der Waals surface area contributed by atoms with Crippen LogP contribution < -0.4 is 10.5 Å². The van der Waals surface area contributed by atoms with Gasteiger partial charge in [-0.15, -0.1) is 0 Å². The van der Waals surface area contributed by atoms with E-state index in [1.54, 1.807) is 6.92 Å². The molecule has 1 aromatic rings. The molecule has 0 saturated heterocycles. The summed E-state index contributed by atoms with van der Waals surface area (Å²) in [6.45, 7) is 7.76. The fourth-order valence-electron chi connectivity index (χ4n) is 2.92. The second-order valence-corrected chi connectivity index (χ2v) is 7.17. The van der Waals surface area contributed by atoms with Crippen LogP contribution in [0.2, 0.25) is 0 Å². The molecule has 1 aliphatic rings. The third-order valence-electron chi connectivity index (χ3n) is 4.73. The Balaban J connectivity index is 0.00000190. The van der Waals surface area contributed by atoms with E-state index in [9.17, 15) is 9.59 Å². The number of Topliss-reactive ketones (excluding diaryl/α,β-unsaturated/α-hetero) is 1. The number of hydrogen-bond acceptors (Lipinski definition) is 5. The van der Waals surface area contributed by atoms with Crippen molar-refractivity contribution in [2.24, 2.45) is 11.7 Å². The maximum Gasteiger partial charge on any atom is 0.219 e. The average Bonchev–Trinajstić information content (AvgIpc) is 3.55. The Kier molecular flexibility index (Phi) is 11.4. The lowest BCUT2D eigenvalue weighted by Crippen LogP contribution is -2.37. The number of rotatable bonds is 12. The SMILES string of the molecule is CCCN(CCN(C)CCCOc1ccc(C(=O)C2CC2)cc1)C(C)=O.CN. The molecule has 158 valence electrons.